The topological polar surface area (TPSA) is 114 Å². The monoisotopic (exact) mass is 489 g/mol. The van der Waals surface area contributed by atoms with Crippen LogP contribution in [0.3, 0.4) is 0 Å². The highest BCUT2D eigenvalue weighted by Crippen LogP contribution is 2.25. The molecule has 0 bridgehead atoms. The van der Waals surface area contributed by atoms with Gasteiger partial charge in [0.2, 0.25) is 0 Å². The van der Waals surface area contributed by atoms with E-state index in [1.54, 1.807) is 30.3 Å². The normalized spacial score (nSPS) is 14.4. The van der Waals surface area contributed by atoms with Crippen molar-refractivity contribution in [3.05, 3.63) is 89.8 Å². The average molecular weight is 489 g/mol. The summed E-state index contributed by atoms with van der Waals surface area (Å²) in [5.41, 5.74) is 0.868. The summed E-state index contributed by atoms with van der Waals surface area (Å²) >= 11 is 0. The number of nitrogens with one attached hydrogen (secondary N) is 2. The van der Waals surface area contributed by atoms with Crippen LogP contribution in [0.25, 0.3) is 6.08 Å². The number of halogens is 1. The predicted molar refractivity (Wildman–Crippen MR) is 129 cm³/mol. The lowest BCUT2D eigenvalue weighted by molar-refractivity contribution is -0.122. The molecule has 9 nitrogen and oxygen atoms in total. The summed E-state index contributed by atoms with van der Waals surface area (Å²) < 4.78 is 23.6. The van der Waals surface area contributed by atoms with E-state index in [1.807, 2.05) is 0 Å². The SMILES string of the molecule is COc1ccc(N2C(=O)NC(=O)C(=Cc3cccc(OCC(=O)Nc4ccc(F)cc4)c3)C2=O)cc1. The highest BCUT2D eigenvalue weighted by Gasteiger charge is 2.36. The van der Waals surface area contributed by atoms with E-state index in [1.165, 1.54) is 55.7 Å². The molecule has 0 radical (unpaired) electrons. The first-order valence-corrected chi connectivity index (χ1v) is 10.7. The van der Waals surface area contributed by atoms with Crippen LogP contribution in [0, 0.1) is 5.82 Å². The first-order valence-electron chi connectivity index (χ1n) is 10.7. The predicted octanol–water partition coefficient (Wildman–Crippen LogP) is 3.52. The smallest absolute Gasteiger partial charge is 0.335 e. The van der Waals surface area contributed by atoms with E-state index in [9.17, 15) is 23.6 Å². The molecule has 1 aliphatic rings. The van der Waals surface area contributed by atoms with Crippen LogP contribution in [-0.4, -0.2) is 37.5 Å². The fraction of sp³-hybridized carbons (Fsp3) is 0.0769. The number of carbonyl (C=O) groups is 4. The summed E-state index contributed by atoms with van der Waals surface area (Å²) in [6, 6.07) is 17.0. The minimum Gasteiger partial charge on any atom is -0.497 e. The number of imide groups is 2. The Labute approximate surface area is 205 Å². The molecule has 0 aliphatic carbocycles. The Balaban J connectivity index is 1.47. The molecule has 1 aliphatic heterocycles. The minimum absolute atomic E-state index is 0.253. The van der Waals surface area contributed by atoms with Gasteiger partial charge in [0, 0.05) is 5.69 Å². The molecule has 10 heteroatoms. The quantitative estimate of drug-likeness (QED) is 0.388. The molecule has 36 heavy (non-hydrogen) atoms. The third-order valence-corrected chi connectivity index (χ3v) is 5.10. The molecule has 1 saturated heterocycles. The summed E-state index contributed by atoms with van der Waals surface area (Å²) in [6.07, 6.45) is 1.33. The molecule has 1 fully saturated rings. The molecular formula is C26H20FN3O6. The minimum atomic E-state index is -0.864. The molecule has 2 N–H and O–H groups in total. The zero-order valence-corrected chi connectivity index (χ0v) is 19.0. The molecule has 3 aromatic rings. The van der Waals surface area contributed by atoms with E-state index in [-0.39, 0.29) is 17.9 Å². The highest BCUT2D eigenvalue weighted by molar-refractivity contribution is 6.39. The second-order valence-electron chi connectivity index (χ2n) is 7.57. The van der Waals surface area contributed by atoms with E-state index < -0.39 is 29.6 Å². The molecular weight excluding hydrogens is 469 g/mol. The number of rotatable bonds is 7. The second-order valence-corrected chi connectivity index (χ2v) is 7.57. The van der Waals surface area contributed by atoms with Gasteiger partial charge in [0.05, 0.1) is 12.8 Å². The number of ether oxygens (including phenoxy) is 2. The maximum Gasteiger partial charge on any atom is 0.335 e. The third kappa shape index (κ3) is 5.55. The fourth-order valence-corrected chi connectivity index (χ4v) is 3.36. The molecule has 0 unspecified atom stereocenters. The van der Waals surface area contributed by atoms with Crippen molar-refractivity contribution in [2.45, 2.75) is 0 Å². The van der Waals surface area contributed by atoms with Gasteiger partial charge in [-0.2, -0.15) is 0 Å². The number of anilines is 2. The van der Waals surface area contributed by atoms with Crippen molar-refractivity contribution in [3.63, 3.8) is 0 Å². The van der Waals surface area contributed by atoms with Crippen LogP contribution >= 0.6 is 0 Å². The van der Waals surface area contributed by atoms with Crippen molar-refractivity contribution in [1.82, 2.24) is 5.32 Å². The maximum absolute atomic E-state index is 13.0. The van der Waals surface area contributed by atoms with E-state index in [0.717, 1.165) is 4.90 Å². The van der Waals surface area contributed by atoms with Crippen LogP contribution in [0.4, 0.5) is 20.6 Å². The summed E-state index contributed by atoms with van der Waals surface area (Å²) in [5, 5.41) is 4.74. The molecule has 3 aromatic carbocycles. The number of benzene rings is 3. The molecule has 182 valence electrons. The number of barbiturate groups is 1. The first kappa shape index (κ1) is 24.1. The lowest BCUT2D eigenvalue weighted by Crippen LogP contribution is -2.54. The molecule has 0 saturated carbocycles. The Hall–Kier alpha value is -4.99. The van der Waals surface area contributed by atoms with E-state index in [2.05, 4.69) is 10.6 Å². The van der Waals surface area contributed by atoms with Crippen molar-refractivity contribution in [1.29, 1.82) is 0 Å². The lowest BCUT2D eigenvalue weighted by atomic mass is 10.1. The van der Waals surface area contributed by atoms with Crippen LogP contribution in [0.15, 0.2) is 78.4 Å². The molecule has 5 amide bonds. The number of carbonyl (C=O) groups excluding carboxylic acids is 4. The standard InChI is InChI=1S/C26H20FN3O6/c1-35-20-11-9-19(10-12-20)30-25(33)22(24(32)29-26(30)34)14-16-3-2-4-21(13-16)36-15-23(31)28-18-7-5-17(27)6-8-18/h2-14H,15H2,1H3,(H,28,31)(H,29,32,34). The van der Waals surface area contributed by atoms with Gasteiger partial charge in [-0.05, 0) is 72.3 Å². The van der Waals surface area contributed by atoms with E-state index in [4.69, 9.17) is 9.47 Å². The largest absolute Gasteiger partial charge is 0.497 e. The highest BCUT2D eigenvalue weighted by atomic mass is 19.1. The van der Waals surface area contributed by atoms with Crippen molar-refractivity contribution >= 4 is 41.2 Å². The molecule has 4 rings (SSSR count). The van der Waals surface area contributed by atoms with Crippen molar-refractivity contribution in [2.24, 2.45) is 0 Å². The molecule has 0 spiro atoms. The number of urea groups is 1. The Morgan fingerprint density at radius 2 is 1.72 bits per heavy atom. The molecule has 1 heterocycles. The number of hydrogen-bond donors (Lipinski definition) is 2. The molecule has 0 aromatic heterocycles. The Bertz CT molecular complexity index is 1350. The van der Waals surface area contributed by atoms with Gasteiger partial charge in [-0.1, -0.05) is 12.1 Å². The van der Waals surface area contributed by atoms with Gasteiger partial charge in [-0.3, -0.25) is 19.7 Å². The van der Waals surface area contributed by atoms with Crippen molar-refractivity contribution in [3.8, 4) is 11.5 Å². The summed E-state index contributed by atoms with van der Waals surface area (Å²) in [7, 11) is 1.49. The molecule has 0 atom stereocenters. The second kappa shape index (κ2) is 10.5. The average Bonchev–Trinajstić information content (AvgIpc) is 2.87. The zero-order chi connectivity index (χ0) is 25.7. The van der Waals surface area contributed by atoms with Gasteiger partial charge in [-0.15, -0.1) is 0 Å². The third-order valence-electron chi connectivity index (χ3n) is 5.10. The summed E-state index contributed by atoms with van der Waals surface area (Å²) in [6.45, 7) is -0.323. The number of amides is 5. The Morgan fingerprint density at radius 3 is 2.42 bits per heavy atom. The number of nitrogens with zero attached hydrogens (tertiary/aromatic N) is 1. The Morgan fingerprint density at radius 1 is 1.00 bits per heavy atom. The zero-order valence-electron chi connectivity index (χ0n) is 19.0. The van der Waals surface area contributed by atoms with Gasteiger partial charge in [0.15, 0.2) is 6.61 Å². The fourth-order valence-electron chi connectivity index (χ4n) is 3.36. The number of methoxy groups -OCH3 is 1. The lowest BCUT2D eigenvalue weighted by Gasteiger charge is -2.26. The summed E-state index contributed by atoms with van der Waals surface area (Å²) in [4.78, 5) is 50.8. The van der Waals surface area contributed by atoms with E-state index >= 15 is 0 Å². The van der Waals surface area contributed by atoms with E-state index in [0.29, 0.717) is 22.7 Å². The van der Waals surface area contributed by atoms with Crippen LogP contribution in [-0.2, 0) is 14.4 Å². The van der Waals surface area contributed by atoms with Crippen LogP contribution in [0.2, 0.25) is 0 Å². The van der Waals surface area contributed by atoms with Gasteiger partial charge >= 0.3 is 6.03 Å². The van der Waals surface area contributed by atoms with Crippen LogP contribution < -0.4 is 25.0 Å². The van der Waals surface area contributed by atoms with Crippen molar-refractivity contribution < 1.29 is 33.0 Å². The van der Waals surface area contributed by atoms with Gasteiger partial charge in [0.25, 0.3) is 17.7 Å². The van der Waals surface area contributed by atoms with Crippen LogP contribution in [0.1, 0.15) is 5.56 Å². The summed E-state index contributed by atoms with van der Waals surface area (Å²) in [5.74, 6) is -1.65. The van der Waals surface area contributed by atoms with Gasteiger partial charge in [0.1, 0.15) is 22.9 Å². The van der Waals surface area contributed by atoms with Crippen molar-refractivity contribution in [2.75, 3.05) is 23.9 Å². The maximum atomic E-state index is 13.0. The van der Waals surface area contributed by atoms with Gasteiger partial charge in [-0.25, -0.2) is 14.1 Å². The Kier molecular flexibility index (Phi) is 7.05. The van der Waals surface area contributed by atoms with Gasteiger partial charge < -0.3 is 14.8 Å². The first-order chi connectivity index (χ1) is 17.3. The number of hydrogen-bond acceptors (Lipinski definition) is 6. The van der Waals surface area contributed by atoms with Crippen LogP contribution in [0.5, 0.6) is 11.5 Å².